The lowest BCUT2D eigenvalue weighted by Crippen LogP contribution is -2.44. The monoisotopic (exact) mass is 455 g/mol. The van der Waals surface area contributed by atoms with Gasteiger partial charge in [0.15, 0.2) is 0 Å². The van der Waals surface area contributed by atoms with Gasteiger partial charge in [-0.1, -0.05) is 42.0 Å². The number of likely N-dealkylation sites (tertiary alicyclic amines) is 1. The van der Waals surface area contributed by atoms with Crippen molar-refractivity contribution in [1.82, 2.24) is 4.90 Å². The average Bonchev–Trinajstić information content (AvgIpc) is 2.79. The molecule has 2 N–H and O–H groups in total. The van der Waals surface area contributed by atoms with Crippen LogP contribution in [-0.2, 0) is 9.59 Å². The standard InChI is InChI=1S/C22H26FNO.C4H4O4/c1-17(2)12-14-24-15-13-22(25-20-10-8-19(23)9-11-20)21(16-24)18-6-4-3-5-7-18;5-3(6)1-2-4(7)8/h3-12,21-22H,13-16H2,1-2H3;1-2H,(H,5,6)(H,7,8)/b;2-1+/t21-,22+;/m0./s1. The Kier molecular flexibility index (Phi) is 10.3. The lowest BCUT2D eigenvalue weighted by molar-refractivity contribution is -0.134. The van der Waals surface area contributed by atoms with Crippen LogP contribution in [0.3, 0.4) is 0 Å². The molecule has 0 aliphatic carbocycles. The molecule has 0 saturated carbocycles. The number of piperidine rings is 1. The summed E-state index contributed by atoms with van der Waals surface area (Å²) >= 11 is 0. The minimum atomic E-state index is -1.26. The summed E-state index contributed by atoms with van der Waals surface area (Å²) in [6.07, 6.45) is 4.47. The first-order valence-electron chi connectivity index (χ1n) is 10.7. The van der Waals surface area contributed by atoms with Gasteiger partial charge in [-0.05, 0) is 50.1 Å². The van der Waals surface area contributed by atoms with Crippen LogP contribution in [0.1, 0.15) is 31.7 Å². The topological polar surface area (TPSA) is 87.1 Å². The molecule has 0 aromatic heterocycles. The molecule has 7 heteroatoms. The summed E-state index contributed by atoms with van der Waals surface area (Å²) in [6.45, 7) is 7.24. The van der Waals surface area contributed by atoms with E-state index in [2.05, 4.69) is 49.1 Å². The smallest absolute Gasteiger partial charge is 0.328 e. The molecule has 1 aliphatic rings. The van der Waals surface area contributed by atoms with E-state index in [1.807, 2.05) is 6.07 Å². The van der Waals surface area contributed by atoms with Crippen LogP contribution in [0.5, 0.6) is 5.75 Å². The molecular formula is C26H30FNO5. The summed E-state index contributed by atoms with van der Waals surface area (Å²) < 4.78 is 19.4. The average molecular weight is 456 g/mol. The van der Waals surface area contributed by atoms with Crippen LogP contribution in [0, 0.1) is 5.82 Å². The van der Waals surface area contributed by atoms with Crippen LogP contribution >= 0.6 is 0 Å². The Balaban J connectivity index is 0.000000414. The molecule has 1 fully saturated rings. The highest BCUT2D eigenvalue weighted by atomic mass is 19.1. The maximum Gasteiger partial charge on any atom is 0.328 e. The van der Waals surface area contributed by atoms with E-state index in [1.54, 1.807) is 12.1 Å². The van der Waals surface area contributed by atoms with Gasteiger partial charge in [0.1, 0.15) is 17.7 Å². The number of aliphatic carboxylic acids is 2. The maximum atomic E-state index is 13.1. The van der Waals surface area contributed by atoms with Crippen LogP contribution < -0.4 is 4.74 Å². The molecule has 176 valence electrons. The second-order valence-corrected chi connectivity index (χ2v) is 7.97. The lowest BCUT2D eigenvalue weighted by Gasteiger charge is -2.38. The Morgan fingerprint density at radius 1 is 1.03 bits per heavy atom. The molecule has 3 rings (SSSR count). The van der Waals surface area contributed by atoms with Crippen LogP contribution in [0.4, 0.5) is 4.39 Å². The molecule has 0 unspecified atom stereocenters. The summed E-state index contributed by atoms with van der Waals surface area (Å²) in [5.74, 6) is -1.70. The number of hydrogen-bond acceptors (Lipinski definition) is 4. The van der Waals surface area contributed by atoms with Crippen molar-refractivity contribution in [3.05, 3.63) is 89.8 Å². The first-order valence-corrected chi connectivity index (χ1v) is 10.7. The molecule has 2 aromatic rings. The van der Waals surface area contributed by atoms with Gasteiger partial charge in [0.25, 0.3) is 0 Å². The Morgan fingerprint density at radius 3 is 2.18 bits per heavy atom. The predicted molar refractivity (Wildman–Crippen MR) is 125 cm³/mol. The Labute approximate surface area is 193 Å². The van der Waals surface area contributed by atoms with Crippen LogP contribution in [0.2, 0.25) is 0 Å². The van der Waals surface area contributed by atoms with Crippen molar-refractivity contribution in [2.24, 2.45) is 0 Å². The Hall–Kier alpha value is -3.45. The number of benzene rings is 2. The molecular weight excluding hydrogens is 425 g/mol. The summed E-state index contributed by atoms with van der Waals surface area (Å²) in [6, 6.07) is 16.9. The van der Waals surface area contributed by atoms with Crippen molar-refractivity contribution in [3.8, 4) is 5.75 Å². The van der Waals surface area contributed by atoms with Crippen molar-refractivity contribution in [2.45, 2.75) is 32.3 Å². The lowest BCUT2D eigenvalue weighted by atomic mass is 9.87. The van der Waals surface area contributed by atoms with E-state index in [1.165, 1.54) is 23.3 Å². The van der Waals surface area contributed by atoms with Gasteiger partial charge in [0, 0.05) is 37.7 Å². The van der Waals surface area contributed by atoms with E-state index < -0.39 is 11.9 Å². The van der Waals surface area contributed by atoms with Crippen LogP contribution in [0.25, 0.3) is 0 Å². The zero-order valence-corrected chi connectivity index (χ0v) is 18.9. The highest BCUT2D eigenvalue weighted by Gasteiger charge is 2.31. The highest BCUT2D eigenvalue weighted by Crippen LogP contribution is 2.31. The summed E-state index contributed by atoms with van der Waals surface area (Å²) in [7, 11) is 0. The molecule has 1 aliphatic heterocycles. The third-order valence-electron chi connectivity index (χ3n) is 5.09. The molecule has 1 heterocycles. The molecule has 1 saturated heterocycles. The Morgan fingerprint density at radius 2 is 1.64 bits per heavy atom. The normalized spacial score (nSPS) is 18.2. The number of ether oxygens (including phenoxy) is 1. The fourth-order valence-corrected chi connectivity index (χ4v) is 3.47. The molecule has 0 amide bonds. The van der Waals surface area contributed by atoms with Gasteiger partial charge in [-0.25, -0.2) is 14.0 Å². The number of allylic oxidation sites excluding steroid dienone is 1. The molecule has 33 heavy (non-hydrogen) atoms. The van der Waals surface area contributed by atoms with Gasteiger partial charge in [-0.15, -0.1) is 0 Å². The van der Waals surface area contributed by atoms with Crippen LogP contribution in [0.15, 0.2) is 78.4 Å². The largest absolute Gasteiger partial charge is 0.490 e. The van der Waals surface area contributed by atoms with Gasteiger partial charge < -0.3 is 14.9 Å². The number of rotatable bonds is 7. The second kappa shape index (κ2) is 13.2. The number of halogens is 1. The van der Waals surface area contributed by atoms with Crippen molar-refractivity contribution < 1.29 is 28.9 Å². The van der Waals surface area contributed by atoms with E-state index in [0.717, 1.165) is 31.8 Å². The van der Waals surface area contributed by atoms with E-state index in [-0.39, 0.29) is 11.9 Å². The van der Waals surface area contributed by atoms with Gasteiger partial charge in [-0.2, -0.15) is 0 Å². The van der Waals surface area contributed by atoms with Crippen molar-refractivity contribution in [2.75, 3.05) is 19.6 Å². The third kappa shape index (κ3) is 9.70. The zero-order valence-electron chi connectivity index (χ0n) is 18.9. The molecule has 6 nitrogen and oxygen atoms in total. The van der Waals surface area contributed by atoms with E-state index in [9.17, 15) is 14.0 Å². The predicted octanol–water partition coefficient (Wildman–Crippen LogP) is 4.74. The molecule has 2 aromatic carbocycles. The first-order chi connectivity index (χ1) is 15.7. The minimum Gasteiger partial charge on any atom is -0.490 e. The second-order valence-electron chi connectivity index (χ2n) is 7.97. The van der Waals surface area contributed by atoms with Gasteiger partial charge in [-0.3, -0.25) is 4.90 Å². The third-order valence-corrected chi connectivity index (χ3v) is 5.09. The fraction of sp³-hybridized carbons (Fsp3) is 0.308. The van der Waals surface area contributed by atoms with Gasteiger partial charge in [0.05, 0.1) is 0 Å². The maximum absolute atomic E-state index is 13.1. The SMILES string of the molecule is CC(C)=CCN1CC[C@@H](Oc2ccc(F)cc2)[C@H](c2ccccc2)C1.O=C(O)/C=C/C(=O)O. The molecule has 2 atom stereocenters. The van der Waals surface area contributed by atoms with Crippen LogP contribution in [-0.4, -0.2) is 52.8 Å². The van der Waals surface area contributed by atoms with E-state index in [0.29, 0.717) is 18.1 Å². The number of carbonyl (C=O) groups is 2. The molecule has 0 bridgehead atoms. The van der Waals surface area contributed by atoms with Crippen molar-refractivity contribution in [3.63, 3.8) is 0 Å². The van der Waals surface area contributed by atoms with E-state index >= 15 is 0 Å². The van der Waals surface area contributed by atoms with E-state index in [4.69, 9.17) is 14.9 Å². The zero-order chi connectivity index (χ0) is 24.2. The van der Waals surface area contributed by atoms with Crippen molar-refractivity contribution >= 4 is 11.9 Å². The van der Waals surface area contributed by atoms with Crippen molar-refractivity contribution in [1.29, 1.82) is 0 Å². The highest BCUT2D eigenvalue weighted by molar-refractivity contribution is 5.89. The quantitative estimate of drug-likeness (QED) is 0.463. The summed E-state index contributed by atoms with van der Waals surface area (Å²) in [5, 5.41) is 15.6. The number of hydrogen-bond donors (Lipinski definition) is 2. The summed E-state index contributed by atoms with van der Waals surface area (Å²) in [5.41, 5.74) is 2.65. The molecule has 0 radical (unpaired) electrons. The first kappa shape index (κ1) is 25.8. The Bertz CT molecular complexity index is 936. The number of carboxylic acid groups (broad SMARTS) is 2. The van der Waals surface area contributed by atoms with Gasteiger partial charge >= 0.3 is 11.9 Å². The summed E-state index contributed by atoms with van der Waals surface area (Å²) in [4.78, 5) is 21.6. The number of nitrogens with zero attached hydrogens (tertiary/aromatic N) is 1. The molecule has 0 spiro atoms. The number of carboxylic acids is 2. The van der Waals surface area contributed by atoms with Gasteiger partial charge in [0.2, 0.25) is 0 Å². The fourth-order valence-electron chi connectivity index (χ4n) is 3.47. The minimum absolute atomic E-state index is 0.107.